The van der Waals surface area contributed by atoms with Gasteiger partial charge in [0.25, 0.3) is 0 Å². The number of aromatic nitrogens is 4. The summed E-state index contributed by atoms with van der Waals surface area (Å²) < 4.78 is 1.35. The van der Waals surface area contributed by atoms with Crippen LogP contribution in [0.4, 0.5) is 0 Å². The second-order valence-electron chi connectivity index (χ2n) is 4.29. The summed E-state index contributed by atoms with van der Waals surface area (Å²) >= 11 is 1.42. The van der Waals surface area contributed by atoms with Crippen molar-refractivity contribution >= 4 is 29.3 Å². The molecular weight excluding hydrogens is 294 g/mol. The molecule has 2 heterocycles. The van der Waals surface area contributed by atoms with E-state index in [0.29, 0.717) is 6.54 Å². The Hall–Kier alpha value is -2.55. The fourth-order valence-electron chi connectivity index (χ4n) is 1.59. The average Bonchev–Trinajstić information content (AvgIpc) is 3.08. The zero-order valence-electron chi connectivity index (χ0n) is 11.2. The van der Waals surface area contributed by atoms with Gasteiger partial charge < -0.3 is 10.0 Å². The number of tetrazole rings is 1. The van der Waals surface area contributed by atoms with Crippen molar-refractivity contribution in [2.45, 2.75) is 13.1 Å². The molecule has 0 atom stereocenters. The maximum absolute atomic E-state index is 12.0. The molecule has 0 unspecified atom stereocenters. The Morgan fingerprint density at radius 3 is 3.00 bits per heavy atom. The van der Waals surface area contributed by atoms with Crippen molar-refractivity contribution in [1.82, 2.24) is 25.1 Å². The number of aliphatic carboxylic acids is 1. The number of carbonyl (C=O) groups excluding carboxylic acids is 1. The predicted octanol–water partition coefficient (Wildman–Crippen LogP) is 0.491. The molecule has 0 fully saturated rings. The molecule has 0 spiro atoms. The molecule has 9 heteroatoms. The lowest BCUT2D eigenvalue weighted by Crippen LogP contribution is -2.29. The van der Waals surface area contributed by atoms with Crippen molar-refractivity contribution < 1.29 is 14.7 Å². The van der Waals surface area contributed by atoms with E-state index in [1.165, 1.54) is 28.4 Å². The van der Waals surface area contributed by atoms with E-state index >= 15 is 0 Å². The molecule has 0 aromatic carbocycles. The second-order valence-corrected chi connectivity index (χ2v) is 5.23. The van der Waals surface area contributed by atoms with Gasteiger partial charge in [-0.05, 0) is 33.5 Å². The van der Waals surface area contributed by atoms with Gasteiger partial charge in [-0.25, -0.2) is 9.48 Å². The zero-order chi connectivity index (χ0) is 15.2. The summed E-state index contributed by atoms with van der Waals surface area (Å²) in [4.78, 5) is 24.8. The van der Waals surface area contributed by atoms with Crippen molar-refractivity contribution in [2.75, 3.05) is 7.05 Å². The van der Waals surface area contributed by atoms with Crippen molar-refractivity contribution in [3.63, 3.8) is 0 Å². The van der Waals surface area contributed by atoms with Crippen LogP contribution >= 0.6 is 11.3 Å². The van der Waals surface area contributed by atoms with E-state index in [1.54, 1.807) is 11.9 Å². The number of thiophene rings is 1. The van der Waals surface area contributed by atoms with Crippen LogP contribution in [0.3, 0.4) is 0 Å². The van der Waals surface area contributed by atoms with E-state index in [0.717, 1.165) is 16.5 Å². The van der Waals surface area contributed by atoms with Crippen LogP contribution in [-0.2, 0) is 22.7 Å². The van der Waals surface area contributed by atoms with Gasteiger partial charge in [-0.1, -0.05) is 0 Å². The Morgan fingerprint density at radius 2 is 2.33 bits per heavy atom. The number of likely N-dealkylation sites (N-methyl/N-ethyl adjacent to an activating group) is 1. The summed E-state index contributed by atoms with van der Waals surface area (Å²) in [7, 11) is 1.69. The highest BCUT2D eigenvalue weighted by molar-refractivity contribution is 7.11. The third kappa shape index (κ3) is 4.49. The number of carbonyl (C=O) groups is 2. The van der Waals surface area contributed by atoms with Gasteiger partial charge in [0.1, 0.15) is 12.9 Å². The highest BCUT2D eigenvalue weighted by atomic mass is 32.1. The molecule has 0 aliphatic carbocycles. The van der Waals surface area contributed by atoms with E-state index < -0.39 is 5.97 Å². The SMILES string of the molecule is CN(Cc1csc(C=CC(=O)O)c1)C(=O)Cn1cnnn1. The minimum atomic E-state index is -0.987. The largest absolute Gasteiger partial charge is 0.478 e. The summed E-state index contributed by atoms with van der Waals surface area (Å²) in [5.41, 5.74) is 0.942. The molecule has 0 bridgehead atoms. The van der Waals surface area contributed by atoms with Gasteiger partial charge in [0.2, 0.25) is 5.91 Å². The molecule has 1 amide bonds. The topological polar surface area (TPSA) is 101 Å². The molecule has 110 valence electrons. The molecule has 0 aliphatic rings. The van der Waals surface area contributed by atoms with E-state index in [9.17, 15) is 9.59 Å². The van der Waals surface area contributed by atoms with Crippen LogP contribution in [0.5, 0.6) is 0 Å². The summed E-state index contributed by atoms with van der Waals surface area (Å²) in [6.07, 6.45) is 3.99. The van der Waals surface area contributed by atoms with Crippen LogP contribution in [0.15, 0.2) is 23.8 Å². The Labute approximate surface area is 124 Å². The normalized spacial score (nSPS) is 10.9. The number of rotatable bonds is 6. The van der Waals surface area contributed by atoms with Crippen molar-refractivity contribution in [3.05, 3.63) is 34.3 Å². The Morgan fingerprint density at radius 1 is 1.52 bits per heavy atom. The minimum absolute atomic E-state index is 0.0827. The first-order valence-electron chi connectivity index (χ1n) is 5.98. The number of hydrogen-bond acceptors (Lipinski definition) is 6. The second kappa shape index (κ2) is 6.75. The third-order valence-corrected chi connectivity index (χ3v) is 3.55. The lowest BCUT2D eigenvalue weighted by molar-refractivity contribution is -0.132. The first-order valence-corrected chi connectivity index (χ1v) is 6.85. The lowest BCUT2D eigenvalue weighted by atomic mass is 10.3. The molecule has 0 saturated carbocycles. The highest BCUT2D eigenvalue weighted by Gasteiger charge is 2.11. The fourth-order valence-corrected chi connectivity index (χ4v) is 2.39. The maximum atomic E-state index is 12.0. The van der Waals surface area contributed by atoms with Crippen LogP contribution in [0.25, 0.3) is 6.08 Å². The van der Waals surface area contributed by atoms with Crippen molar-refractivity contribution in [3.8, 4) is 0 Å². The van der Waals surface area contributed by atoms with E-state index in [2.05, 4.69) is 15.5 Å². The number of hydrogen-bond donors (Lipinski definition) is 1. The van der Waals surface area contributed by atoms with Gasteiger partial charge in [0.15, 0.2) is 0 Å². The molecule has 21 heavy (non-hydrogen) atoms. The first kappa shape index (κ1) is 14.9. The zero-order valence-corrected chi connectivity index (χ0v) is 12.0. The fraction of sp³-hybridized carbons (Fsp3) is 0.250. The van der Waals surface area contributed by atoms with E-state index in [1.807, 2.05) is 11.4 Å². The number of amides is 1. The van der Waals surface area contributed by atoms with Gasteiger partial charge in [0, 0.05) is 24.5 Å². The molecular formula is C12H13N5O3S. The van der Waals surface area contributed by atoms with Gasteiger partial charge in [-0.2, -0.15) is 0 Å². The quantitative estimate of drug-likeness (QED) is 0.779. The third-order valence-electron chi connectivity index (χ3n) is 2.60. The average molecular weight is 307 g/mol. The van der Waals surface area contributed by atoms with Gasteiger partial charge in [-0.15, -0.1) is 16.4 Å². The molecule has 8 nitrogen and oxygen atoms in total. The van der Waals surface area contributed by atoms with Gasteiger partial charge in [-0.3, -0.25) is 4.79 Å². The van der Waals surface area contributed by atoms with Crippen molar-refractivity contribution in [2.24, 2.45) is 0 Å². The Bertz CT molecular complexity index is 650. The number of nitrogens with zero attached hydrogens (tertiary/aromatic N) is 5. The molecule has 0 aliphatic heterocycles. The number of carboxylic acid groups (broad SMARTS) is 1. The molecule has 2 aromatic heterocycles. The van der Waals surface area contributed by atoms with Crippen LogP contribution in [0.1, 0.15) is 10.4 Å². The van der Waals surface area contributed by atoms with E-state index in [-0.39, 0.29) is 12.5 Å². The van der Waals surface area contributed by atoms with Crippen LogP contribution < -0.4 is 0 Å². The summed E-state index contributed by atoms with van der Waals surface area (Å²) in [6.45, 7) is 0.526. The van der Waals surface area contributed by atoms with Gasteiger partial charge >= 0.3 is 5.97 Å². The smallest absolute Gasteiger partial charge is 0.328 e. The maximum Gasteiger partial charge on any atom is 0.328 e. The van der Waals surface area contributed by atoms with Crippen LogP contribution in [0.2, 0.25) is 0 Å². The highest BCUT2D eigenvalue weighted by Crippen LogP contribution is 2.17. The lowest BCUT2D eigenvalue weighted by Gasteiger charge is -2.15. The van der Waals surface area contributed by atoms with Crippen LogP contribution in [-0.4, -0.2) is 49.1 Å². The molecule has 0 radical (unpaired) electrons. The minimum Gasteiger partial charge on any atom is -0.478 e. The van der Waals surface area contributed by atoms with E-state index in [4.69, 9.17) is 5.11 Å². The summed E-state index contributed by atoms with van der Waals surface area (Å²) in [5.74, 6) is -1.10. The number of carboxylic acids is 1. The molecule has 2 rings (SSSR count). The predicted molar refractivity (Wildman–Crippen MR) is 75.3 cm³/mol. The van der Waals surface area contributed by atoms with Crippen molar-refractivity contribution in [1.29, 1.82) is 0 Å². The molecule has 1 N–H and O–H groups in total. The Balaban J connectivity index is 1.91. The first-order chi connectivity index (χ1) is 10.0. The molecule has 2 aromatic rings. The summed E-state index contributed by atoms with van der Waals surface area (Å²) in [6, 6.07) is 1.85. The summed E-state index contributed by atoms with van der Waals surface area (Å²) in [5, 5.41) is 21.0. The Kier molecular flexibility index (Phi) is 4.77. The standard InChI is InChI=1S/C12H13N5O3S/c1-16(11(18)6-17-8-13-14-15-17)5-9-4-10(21-7-9)2-3-12(19)20/h2-4,7-8H,5-6H2,1H3,(H,19,20). The molecule has 0 saturated heterocycles. The monoisotopic (exact) mass is 307 g/mol. The van der Waals surface area contributed by atoms with Gasteiger partial charge in [0.05, 0.1) is 0 Å². The van der Waals surface area contributed by atoms with Crippen LogP contribution in [0, 0.1) is 0 Å².